The van der Waals surface area contributed by atoms with Gasteiger partial charge in [-0.1, -0.05) is 23.8 Å². The molecule has 1 atom stereocenters. The Morgan fingerprint density at radius 1 is 0.962 bits per heavy atom. The van der Waals surface area contributed by atoms with Gasteiger partial charge in [0, 0.05) is 37.9 Å². The molecule has 2 aromatic rings. The second-order valence-electron chi connectivity index (χ2n) is 7.05. The number of nitrogen functional groups attached to an aromatic ring is 1. The Morgan fingerprint density at radius 3 is 2.15 bits per heavy atom. The fraction of sp³-hybridized carbons (Fsp3) is 0.400. The Hall–Kier alpha value is -1.89. The second-order valence-corrected chi connectivity index (χ2v) is 8.98. The lowest BCUT2D eigenvalue weighted by atomic mass is 9.99. The van der Waals surface area contributed by atoms with E-state index in [1.54, 1.807) is 28.6 Å². The Morgan fingerprint density at radius 2 is 1.58 bits per heavy atom. The Labute approximate surface area is 156 Å². The number of sulfonamides is 1. The number of benzene rings is 2. The zero-order valence-corrected chi connectivity index (χ0v) is 16.5. The summed E-state index contributed by atoms with van der Waals surface area (Å²) in [6, 6.07) is 13.2. The van der Waals surface area contributed by atoms with Gasteiger partial charge in [0.2, 0.25) is 10.0 Å². The summed E-state index contributed by atoms with van der Waals surface area (Å²) < 4.78 is 27.2. The van der Waals surface area contributed by atoms with Crippen molar-refractivity contribution in [2.75, 3.05) is 31.9 Å². The Bertz CT molecular complexity index is 870. The van der Waals surface area contributed by atoms with E-state index in [1.807, 2.05) is 0 Å². The van der Waals surface area contributed by atoms with Crippen LogP contribution in [-0.2, 0) is 10.0 Å². The number of aryl methyl sites for hydroxylation is 2. The summed E-state index contributed by atoms with van der Waals surface area (Å²) in [5.41, 5.74) is 10.1. The first-order chi connectivity index (χ1) is 12.3. The van der Waals surface area contributed by atoms with Gasteiger partial charge in [0.05, 0.1) is 4.90 Å². The summed E-state index contributed by atoms with van der Waals surface area (Å²) in [6.45, 7) is 8.89. The molecular weight excluding hydrogens is 346 g/mol. The number of anilines is 1. The number of piperazine rings is 1. The fourth-order valence-corrected chi connectivity index (χ4v) is 5.03. The zero-order valence-electron chi connectivity index (χ0n) is 15.6. The molecule has 0 amide bonds. The summed E-state index contributed by atoms with van der Waals surface area (Å²) in [4.78, 5) is 2.66. The molecule has 140 valence electrons. The highest BCUT2D eigenvalue weighted by molar-refractivity contribution is 7.89. The van der Waals surface area contributed by atoms with E-state index in [4.69, 9.17) is 5.73 Å². The van der Waals surface area contributed by atoms with Crippen molar-refractivity contribution < 1.29 is 8.42 Å². The maximum atomic E-state index is 12.8. The van der Waals surface area contributed by atoms with Gasteiger partial charge in [-0.05, 0) is 56.2 Å². The van der Waals surface area contributed by atoms with Crippen LogP contribution in [0.15, 0.2) is 47.4 Å². The van der Waals surface area contributed by atoms with Gasteiger partial charge in [-0.15, -0.1) is 0 Å². The third kappa shape index (κ3) is 3.77. The van der Waals surface area contributed by atoms with Crippen LogP contribution in [0.3, 0.4) is 0 Å². The molecule has 1 fully saturated rings. The van der Waals surface area contributed by atoms with E-state index in [2.05, 4.69) is 43.9 Å². The number of hydrogen-bond acceptors (Lipinski definition) is 4. The summed E-state index contributed by atoms with van der Waals surface area (Å²) in [5, 5.41) is 0. The molecule has 0 saturated carbocycles. The maximum Gasteiger partial charge on any atom is 0.243 e. The highest BCUT2D eigenvalue weighted by Gasteiger charge is 2.30. The average molecular weight is 374 g/mol. The van der Waals surface area contributed by atoms with E-state index in [0.29, 0.717) is 23.7 Å². The van der Waals surface area contributed by atoms with Crippen LogP contribution in [0, 0.1) is 13.8 Å². The van der Waals surface area contributed by atoms with E-state index < -0.39 is 10.0 Å². The van der Waals surface area contributed by atoms with Crippen LogP contribution in [0.5, 0.6) is 0 Å². The first-order valence-electron chi connectivity index (χ1n) is 8.96. The third-order valence-corrected chi connectivity index (χ3v) is 7.13. The predicted molar refractivity (Wildman–Crippen MR) is 106 cm³/mol. The average Bonchev–Trinajstić information content (AvgIpc) is 2.62. The van der Waals surface area contributed by atoms with E-state index in [0.717, 1.165) is 13.1 Å². The molecule has 3 rings (SSSR count). The van der Waals surface area contributed by atoms with Gasteiger partial charge in [0.25, 0.3) is 0 Å². The van der Waals surface area contributed by atoms with E-state index >= 15 is 0 Å². The van der Waals surface area contributed by atoms with Crippen molar-refractivity contribution in [1.29, 1.82) is 0 Å². The molecule has 0 bridgehead atoms. The van der Waals surface area contributed by atoms with Crippen LogP contribution in [0.4, 0.5) is 5.69 Å². The molecule has 1 heterocycles. The largest absolute Gasteiger partial charge is 0.399 e. The van der Waals surface area contributed by atoms with Gasteiger partial charge >= 0.3 is 0 Å². The summed E-state index contributed by atoms with van der Waals surface area (Å²) in [6.07, 6.45) is 0. The van der Waals surface area contributed by atoms with Gasteiger partial charge in [-0.25, -0.2) is 8.42 Å². The molecule has 0 radical (unpaired) electrons. The highest BCUT2D eigenvalue weighted by atomic mass is 32.2. The van der Waals surface area contributed by atoms with Crippen molar-refractivity contribution in [1.82, 2.24) is 9.21 Å². The first-order valence-corrected chi connectivity index (χ1v) is 10.4. The molecule has 1 saturated heterocycles. The van der Waals surface area contributed by atoms with Crippen LogP contribution in [0.2, 0.25) is 0 Å². The highest BCUT2D eigenvalue weighted by Crippen LogP contribution is 2.27. The van der Waals surface area contributed by atoms with Gasteiger partial charge < -0.3 is 5.73 Å². The quantitative estimate of drug-likeness (QED) is 0.837. The number of nitrogens with two attached hydrogens (primary N) is 1. The Kier molecular flexibility index (Phi) is 5.37. The standard InChI is InChI=1S/C20H27N3O2S/c1-15-4-9-20(16(2)14-15)17(3)22-10-12-23(13-11-22)26(24,25)19-7-5-18(21)6-8-19/h4-9,14,17H,10-13,21H2,1-3H3. The zero-order chi connectivity index (χ0) is 18.9. The van der Waals surface area contributed by atoms with Crippen molar-refractivity contribution in [2.45, 2.75) is 31.7 Å². The molecule has 26 heavy (non-hydrogen) atoms. The lowest BCUT2D eigenvalue weighted by molar-refractivity contribution is 0.145. The molecule has 0 spiro atoms. The van der Waals surface area contributed by atoms with Crippen LogP contribution in [-0.4, -0.2) is 43.8 Å². The van der Waals surface area contributed by atoms with Crippen LogP contribution < -0.4 is 5.73 Å². The molecule has 0 aliphatic carbocycles. The minimum absolute atomic E-state index is 0.275. The van der Waals surface area contributed by atoms with E-state index in [9.17, 15) is 8.42 Å². The maximum absolute atomic E-state index is 12.8. The minimum atomic E-state index is -3.46. The lowest BCUT2D eigenvalue weighted by Gasteiger charge is -2.38. The number of hydrogen-bond donors (Lipinski definition) is 1. The SMILES string of the molecule is Cc1ccc(C(C)N2CCN(S(=O)(=O)c3ccc(N)cc3)CC2)c(C)c1. The van der Waals surface area contributed by atoms with Gasteiger partial charge in [0.15, 0.2) is 0 Å². The topological polar surface area (TPSA) is 66.6 Å². The molecule has 0 aromatic heterocycles. The van der Waals surface area contributed by atoms with Crippen molar-refractivity contribution in [3.05, 3.63) is 59.2 Å². The second kappa shape index (κ2) is 7.39. The van der Waals surface area contributed by atoms with E-state index in [-0.39, 0.29) is 6.04 Å². The van der Waals surface area contributed by atoms with Crippen molar-refractivity contribution >= 4 is 15.7 Å². The lowest BCUT2D eigenvalue weighted by Crippen LogP contribution is -2.49. The first kappa shape index (κ1) is 18.9. The Balaban J connectivity index is 1.69. The minimum Gasteiger partial charge on any atom is -0.399 e. The molecule has 6 heteroatoms. The van der Waals surface area contributed by atoms with Crippen LogP contribution >= 0.6 is 0 Å². The van der Waals surface area contributed by atoms with Crippen LogP contribution in [0.1, 0.15) is 29.7 Å². The molecular formula is C20H27N3O2S. The van der Waals surface area contributed by atoms with Crippen molar-refractivity contribution in [3.8, 4) is 0 Å². The number of rotatable bonds is 4. The molecule has 2 aromatic carbocycles. The van der Waals surface area contributed by atoms with Crippen molar-refractivity contribution in [3.63, 3.8) is 0 Å². The van der Waals surface area contributed by atoms with Crippen molar-refractivity contribution in [2.24, 2.45) is 0 Å². The van der Waals surface area contributed by atoms with Crippen LogP contribution in [0.25, 0.3) is 0 Å². The molecule has 1 unspecified atom stereocenters. The normalized spacial score (nSPS) is 18.0. The van der Waals surface area contributed by atoms with Gasteiger partial charge in [-0.2, -0.15) is 4.31 Å². The predicted octanol–water partition coefficient (Wildman–Crippen LogP) is 2.95. The van der Waals surface area contributed by atoms with E-state index in [1.165, 1.54) is 16.7 Å². The summed E-state index contributed by atoms with van der Waals surface area (Å²) in [7, 11) is -3.46. The third-order valence-electron chi connectivity index (χ3n) is 5.21. The van der Waals surface area contributed by atoms with Gasteiger partial charge in [-0.3, -0.25) is 4.90 Å². The fourth-order valence-electron chi connectivity index (χ4n) is 3.61. The monoisotopic (exact) mass is 373 g/mol. The molecule has 1 aliphatic heterocycles. The smallest absolute Gasteiger partial charge is 0.243 e. The van der Waals surface area contributed by atoms with Gasteiger partial charge in [0.1, 0.15) is 0 Å². The molecule has 5 nitrogen and oxygen atoms in total. The molecule has 2 N–H and O–H groups in total. The number of nitrogens with zero attached hydrogens (tertiary/aromatic N) is 2. The summed E-state index contributed by atoms with van der Waals surface area (Å²) in [5.74, 6) is 0. The summed E-state index contributed by atoms with van der Waals surface area (Å²) >= 11 is 0. The molecule has 1 aliphatic rings.